The Morgan fingerprint density at radius 2 is 1.96 bits per heavy atom. The zero-order chi connectivity index (χ0) is 16.0. The van der Waals surface area contributed by atoms with Crippen LogP contribution in [0.3, 0.4) is 0 Å². The molecule has 1 aliphatic carbocycles. The summed E-state index contributed by atoms with van der Waals surface area (Å²) in [4.78, 5) is 4.54. The van der Waals surface area contributed by atoms with Crippen molar-refractivity contribution in [3.8, 4) is 5.75 Å². The molecule has 2 heterocycles. The molecule has 2 aliphatic rings. The van der Waals surface area contributed by atoms with Crippen molar-refractivity contribution >= 4 is 10.9 Å². The second-order valence-corrected chi connectivity index (χ2v) is 7.11. The van der Waals surface area contributed by atoms with E-state index in [1.807, 2.05) is 12.3 Å². The van der Waals surface area contributed by atoms with Crippen LogP contribution in [0.2, 0.25) is 0 Å². The van der Waals surface area contributed by atoms with Crippen LogP contribution in [0.15, 0.2) is 24.4 Å². The van der Waals surface area contributed by atoms with Gasteiger partial charge in [0.05, 0.1) is 6.10 Å². The molecule has 4 atom stereocenters. The lowest BCUT2D eigenvalue weighted by molar-refractivity contribution is -0.0228. The van der Waals surface area contributed by atoms with Crippen LogP contribution in [0.1, 0.15) is 24.0 Å². The molecule has 1 aromatic heterocycles. The van der Waals surface area contributed by atoms with E-state index < -0.39 is 6.10 Å². The molecular formula is C19H24N2O2. The number of aromatic nitrogens is 1. The van der Waals surface area contributed by atoms with Gasteiger partial charge in [0.1, 0.15) is 17.4 Å². The van der Waals surface area contributed by atoms with E-state index in [9.17, 15) is 5.11 Å². The number of aryl methyl sites for hydroxylation is 2. The maximum Gasteiger partial charge on any atom is 0.149 e. The van der Waals surface area contributed by atoms with Gasteiger partial charge < -0.3 is 15.2 Å². The lowest BCUT2D eigenvalue weighted by Crippen LogP contribution is -2.42. The SMILES string of the molecule is Cc1cc(C)c2cccnc2c1O[C@@H]1C[C@@H]2CNC[C@@H]2C[C@H]1O. The summed E-state index contributed by atoms with van der Waals surface area (Å²) in [6, 6.07) is 6.19. The zero-order valence-electron chi connectivity index (χ0n) is 13.7. The number of fused-ring (bicyclic) bond motifs is 2. The predicted molar refractivity (Wildman–Crippen MR) is 90.7 cm³/mol. The van der Waals surface area contributed by atoms with E-state index in [1.54, 1.807) is 0 Å². The van der Waals surface area contributed by atoms with Gasteiger partial charge in [-0.3, -0.25) is 4.98 Å². The first-order valence-corrected chi connectivity index (χ1v) is 8.54. The summed E-state index contributed by atoms with van der Waals surface area (Å²) >= 11 is 0. The molecule has 0 radical (unpaired) electrons. The highest BCUT2D eigenvalue weighted by atomic mass is 16.5. The second-order valence-electron chi connectivity index (χ2n) is 7.11. The van der Waals surface area contributed by atoms with Crippen molar-refractivity contribution in [1.29, 1.82) is 0 Å². The monoisotopic (exact) mass is 312 g/mol. The average molecular weight is 312 g/mol. The Morgan fingerprint density at radius 3 is 2.78 bits per heavy atom. The molecule has 0 unspecified atom stereocenters. The smallest absolute Gasteiger partial charge is 0.149 e. The van der Waals surface area contributed by atoms with Crippen molar-refractivity contribution in [2.24, 2.45) is 11.8 Å². The molecule has 2 N–H and O–H groups in total. The van der Waals surface area contributed by atoms with Gasteiger partial charge >= 0.3 is 0 Å². The van der Waals surface area contributed by atoms with Crippen LogP contribution in [0.25, 0.3) is 10.9 Å². The highest BCUT2D eigenvalue weighted by Crippen LogP contribution is 2.37. The second kappa shape index (κ2) is 5.77. The Bertz CT molecular complexity index is 731. The Kier molecular flexibility index (Phi) is 3.74. The van der Waals surface area contributed by atoms with Crippen molar-refractivity contribution in [1.82, 2.24) is 10.3 Å². The van der Waals surface area contributed by atoms with Crippen molar-refractivity contribution in [3.63, 3.8) is 0 Å². The molecule has 1 saturated heterocycles. The number of hydrogen-bond acceptors (Lipinski definition) is 4. The van der Waals surface area contributed by atoms with Crippen LogP contribution in [0.5, 0.6) is 5.75 Å². The lowest BCUT2D eigenvalue weighted by Gasteiger charge is -2.35. The third-order valence-electron chi connectivity index (χ3n) is 5.50. The van der Waals surface area contributed by atoms with Crippen LogP contribution >= 0.6 is 0 Å². The average Bonchev–Trinajstić information content (AvgIpc) is 2.98. The lowest BCUT2D eigenvalue weighted by atomic mass is 9.78. The fourth-order valence-electron chi connectivity index (χ4n) is 4.24. The zero-order valence-corrected chi connectivity index (χ0v) is 13.7. The number of ether oxygens (including phenoxy) is 1. The number of aliphatic hydroxyl groups excluding tert-OH is 1. The first-order valence-electron chi connectivity index (χ1n) is 8.54. The first-order chi connectivity index (χ1) is 11.1. The molecule has 2 fully saturated rings. The van der Waals surface area contributed by atoms with E-state index in [4.69, 9.17) is 4.74 Å². The molecule has 1 aromatic carbocycles. The number of hydrogen-bond donors (Lipinski definition) is 2. The summed E-state index contributed by atoms with van der Waals surface area (Å²) in [5.41, 5.74) is 3.21. The minimum Gasteiger partial charge on any atom is -0.485 e. The number of nitrogens with one attached hydrogen (secondary N) is 1. The van der Waals surface area contributed by atoms with Gasteiger partial charge in [-0.1, -0.05) is 12.1 Å². The van der Waals surface area contributed by atoms with E-state index in [0.29, 0.717) is 11.8 Å². The van der Waals surface area contributed by atoms with Gasteiger partial charge in [0.25, 0.3) is 0 Å². The number of nitrogens with zero attached hydrogens (tertiary/aromatic N) is 1. The van der Waals surface area contributed by atoms with Crippen molar-refractivity contribution in [2.45, 2.75) is 38.9 Å². The molecule has 0 spiro atoms. The highest BCUT2D eigenvalue weighted by Gasteiger charge is 2.40. The number of aliphatic hydroxyl groups is 1. The molecule has 4 heteroatoms. The molecular weight excluding hydrogens is 288 g/mol. The fourth-order valence-corrected chi connectivity index (χ4v) is 4.24. The summed E-state index contributed by atoms with van der Waals surface area (Å²) in [5.74, 6) is 2.05. The number of benzene rings is 1. The molecule has 4 nitrogen and oxygen atoms in total. The normalized spacial score (nSPS) is 30.4. The minimum absolute atomic E-state index is 0.136. The molecule has 0 bridgehead atoms. The molecule has 23 heavy (non-hydrogen) atoms. The summed E-state index contributed by atoms with van der Waals surface area (Å²) in [7, 11) is 0. The van der Waals surface area contributed by atoms with Gasteiger partial charge in [-0.15, -0.1) is 0 Å². The topological polar surface area (TPSA) is 54.4 Å². The van der Waals surface area contributed by atoms with Crippen LogP contribution < -0.4 is 10.1 Å². The van der Waals surface area contributed by atoms with E-state index in [1.165, 1.54) is 5.56 Å². The summed E-state index contributed by atoms with van der Waals surface area (Å²) in [6.07, 6.45) is 3.03. The summed E-state index contributed by atoms with van der Waals surface area (Å²) in [6.45, 7) is 6.24. The third kappa shape index (κ3) is 2.60. The van der Waals surface area contributed by atoms with Gasteiger partial charge in [-0.25, -0.2) is 0 Å². The minimum atomic E-state index is -0.393. The van der Waals surface area contributed by atoms with Crippen molar-refractivity contribution in [2.75, 3.05) is 13.1 Å². The Balaban J connectivity index is 1.67. The van der Waals surface area contributed by atoms with Crippen molar-refractivity contribution in [3.05, 3.63) is 35.5 Å². The van der Waals surface area contributed by atoms with Crippen LogP contribution in [-0.2, 0) is 0 Å². The predicted octanol–water partition coefficient (Wildman–Crippen LogP) is 2.59. The summed E-state index contributed by atoms with van der Waals surface area (Å²) in [5, 5.41) is 15.1. The van der Waals surface area contributed by atoms with E-state index >= 15 is 0 Å². The molecule has 122 valence electrons. The maximum absolute atomic E-state index is 10.5. The highest BCUT2D eigenvalue weighted by molar-refractivity contribution is 5.88. The fraction of sp³-hybridized carbons (Fsp3) is 0.526. The maximum atomic E-state index is 10.5. The standard InChI is InChI=1S/C19H24N2O2/c1-11-6-12(2)19(18-15(11)4-3-5-21-18)23-17-8-14-10-20-9-13(14)7-16(17)22/h3-6,13-14,16-17,20,22H,7-10H2,1-2H3/t13-,14+,16+,17+/m0/s1. The Morgan fingerprint density at radius 1 is 1.17 bits per heavy atom. The largest absolute Gasteiger partial charge is 0.485 e. The van der Waals surface area contributed by atoms with E-state index in [-0.39, 0.29) is 6.10 Å². The van der Waals surface area contributed by atoms with Crippen LogP contribution in [0.4, 0.5) is 0 Å². The Hall–Kier alpha value is -1.65. The van der Waals surface area contributed by atoms with Crippen LogP contribution in [-0.4, -0.2) is 35.4 Å². The van der Waals surface area contributed by atoms with Crippen LogP contribution in [0, 0.1) is 25.7 Å². The number of pyridine rings is 1. The molecule has 1 saturated carbocycles. The molecule has 0 amide bonds. The van der Waals surface area contributed by atoms with Crippen molar-refractivity contribution < 1.29 is 9.84 Å². The van der Waals surface area contributed by atoms with E-state index in [2.05, 4.69) is 36.3 Å². The first kappa shape index (κ1) is 14.9. The van der Waals surface area contributed by atoms with Gasteiger partial charge in [-0.2, -0.15) is 0 Å². The quantitative estimate of drug-likeness (QED) is 0.895. The van der Waals surface area contributed by atoms with Gasteiger partial charge in [-0.05, 0) is 68.8 Å². The third-order valence-corrected chi connectivity index (χ3v) is 5.50. The Labute approximate surface area is 136 Å². The van der Waals surface area contributed by atoms with Gasteiger partial charge in [0.15, 0.2) is 0 Å². The van der Waals surface area contributed by atoms with Gasteiger partial charge in [0, 0.05) is 11.6 Å². The molecule has 2 aromatic rings. The molecule has 4 rings (SSSR count). The van der Waals surface area contributed by atoms with E-state index in [0.717, 1.165) is 48.1 Å². The van der Waals surface area contributed by atoms with Gasteiger partial charge in [0.2, 0.25) is 0 Å². The number of rotatable bonds is 2. The molecule has 1 aliphatic heterocycles. The summed E-state index contributed by atoms with van der Waals surface area (Å²) < 4.78 is 6.33.